The molecule has 5 heteroatoms. The molecule has 122 valence electrons. The lowest BCUT2D eigenvalue weighted by molar-refractivity contribution is -0.123. The zero-order chi connectivity index (χ0) is 16.1. The maximum Gasteiger partial charge on any atom is 0.257 e. The number of carbonyl (C=O) groups excluding carboxylic acids is 1. The van der Waals surface area contributed by atoms with Crippen molar-refractivity contribution in [3.05, 3.63) is 41.9 Å². The van der Waals surface area contributed by atoms with E-state index in [2.05, 4.69) is 16.4 Å². The quantitative estimate of drug-likeness (QED) is 0.834. The molecular formula is C18H23N3O2. The predicted molar refractivity (Wildman–Crippen MR) is 89.6 cm³/mol. The average Bonchev–Trinajstić information content (AvgIpc) is 2.94. The van der Waals surface area contributed by atoms with Crippen molar-refractivity contribution in [3.63, 3.8) is 0 Å². The first kappa shape index (κ1) is 15.6. The third kappa shape index (κ3) is 4.12. The van der Waals surface area contributed by atoms with Gasteiger partial charge in [0.2, 0.25) is 0 Å². The van der Waals surface area contributed by atoms with Gasteiger partial charge in [-0.1, -0.05) is 11.6 Å². The number of allylic oxidation sites excluding steroid dienone is 1. The number of hydrogen-bond acceptors (Lipinski definition) is 3. The Hall–Kier alpha value is -2.30. The topological polar surface area (TPSA) is 55.6 Å². The number of ether oxygens (including phenoxy) is 1. The second-order valence-corrected chi connectivity index (χ2v) is 5.98. The molecular weight excluding hydrogens is 290 g/mol. The molecule has 0 unspecified atom stereocenters. The zero-order valence-electron chi connectivity index (χ0n) is 13.5. The Kier molecular flexibility index (Phi) is 4.95. The number of carbonyl (C=O) groups is 1. The van der Waals surface area contributed by atoms with Gasteiger partial charge >= 0.3 is 0 Å². The molecule has 0 radical (unpaired) electrons. The van der Waals surface area contributed by atoms with Crippen LogP contribution in [-0.2, 0) is 4.79 Å². The first-order valence-electron chi connectivity index (χ1n) is 8.24. The summed E-state index contributed by atoms with van der Waals surface area (Å²) in [6.07, 6.45) is 12.0. The number of imidazole rings is 1. The fraction of sp³-hybridized carbons (Fsp3) is 0.444. The van der Waals surface area contributed by atoms with Crippen LogP contribution < -0.4 is 10.1 Å². The number of nitrogens with zero attached hydrogens (tertiary/aromatic N) is 2. The molecule has 0 saturated heterocycles. The highest BCUT2D eigenvalue weighted by Gasteiger charge is 2.09. The van der Waals surface area contributed by atoms with Crippen LogP contribution in [-0.4, -0.2) is 28.4 Å². The molecule has 0 bridgehead atoms. The predicted octanol–water partition coefficient (Wildman–Crippen LogP) is 3.03. The Balaban J connectivity index is 1.47. The molecule has 2 aromatic rings. The maximum absolute atomic E-state index is 11.9. The monoisotopic (exact) mass is 313 g/mol. The standard InChI is InChI=1S/C18H23N3O2/c1-14-12-21-11-5-8-16(18(21)20-14)23-13-17(22)19-10-9-15-6-3-2-4-7-15/h5-6,8,11-12H,2-4,7,9-10,13H2,1H3,(H,19,22). The van der Waals surface area contributed by atoms with E-state index in [0.717, 1.165) is 17.8 Å². The van der Waals surface area contributed by atoms with E-state index in [0.29, 0.717) is 12.3 Å². The first-order valence-corrected chi connectivity index (χ1v) is 8.24. The molecule has 2 heterocycles. The van der Waals surface area contributed by atoms with E-state index in [-0.39, 0.29) is 12.5 Å². The summed E-state index contributed by atoms with van der Waals surface area (Å²) in [5.41, 5.74) is 3.13. The Bertz CT molecular complexity index is 718. The summed E-state index contributed by atoms with van der Waals surface area (Å²) in [6.45, 7) is 2.63. The molecule has 0 spiro atoms. The van der Waals surface area contributed by atoms with Crippen molar-refractivity contribution in [2.45, 2.75) is 39.0 Å². The SMILES string of the molecule is Cc1cn2cccc(OCC(=O)NCCC3=CCCCC3)c2n1. The highest BCUT2D eigenvalue weighted by molar-refractivity contribution is 5.77. The number of amides is 1. The minimum Gasteiger partial charge on any atom is -0.480 e. The molecule has 1 amide bonds. The summed E-state index contributed by atoms with van der Waals surface area (Å²) in [5.74, 6) is 0.539. The van der Waals surface area contributed by atoms with Gasteiger partial charge < -0.3 is 14.5 Å². The molecule has 5 nitrogen and oxygen atoms in total. The summed E-state index contributed by atoms with van der Waals surface area (Å²) in [4.78, 5) is 16.3. The van der Waals surface area contributed by atoms with Gasteiger partial charge in [0.05, 0.1) is 5.69 Å². The van der Waals surface area contributed by atoms with Gasteiger partial charge in [-0.2, -0.15) is 0 Å². The third-order valence-electron chi connectivity index (χ3n) is 4.08. The van der Waals surface area contributed by atoms with Crippen molar-refractivity contribution in [2.24, 2.45) is 0 Å². The van der Waals surface area contributed by atoms with E-state index in [9.17, 15) is 4.79 Å². The lowest BCUT2D eigenvalue weighted by atomic mass is 9.97. The van der Waals surface area contributed by atoms with Crippen LogP contribution in [0.15, 0.2) is 36.2 Å². The van der Waals surface area contributed by atoms with Crippen LogP contribution in [0.4, 0.5) is 0 Å². The molecule has 0 fully saturated rings. The van der Waals surface area contributed by atoms with Crippen LogP contribution in [0.2, 0.25) is 0 Å². The van der Waals surface area contributed by atoms with Gasteiger partial charge in [-0.05, 0) is 51.2 Å². The van der Waals surface area contributed by atoms with Gasteiger partial charge in [0.1, 0.15) is 0 Å². The highest BCUT2D eigenvalue weighted by Crippen LogP contribution is 2.20. The van der Waals surface area contributed by atoms with E-state index >= 15 is 0 Å². The Morgan fingerprint density at radius 2 is 2.35 bits per heavy atom. The summed E-state index contributed by atoms with van der Waals surface area (Å²) >= 11 is 0. The molecule has 0 aromatic carbocycles. The Labute approximate surface area is 136 Å². The fourth-order valence-corrected chi connectivity index (χ4v) is 2.91. The lowest BCUT2D eigenvalue weighted by Gasteiger charge is -2.13. The number of nitrogens with one attached hydrogen (secondary N) is 1. The van der Waals surface area contributed by atoms with E-state index in [1.165, 1.54) is 31.3 Å². The number of hydrogen-bond donors (Lipinski definition) is 1. The molecule has 1 N–H and O–H groups in total. The van der Waals surface area contributed by atoms with Gasteiger partial charge in [0.15, 0.2) is 18.0 Å². The van der Waals surface area contributed by atoms with Crippen molar-refractivity contribution in [2.75, 3.05) is 13.2 Å². The van der Waals surface area contributed by atoms with Gasteiger partial charge in [0.25, 0.3) is 5.91 Å². The minimum absolute atomic E-state index is 0.0185. The summed E-state index contributed by atoms with van der Waals surface area (Å²) in [5, 5.41) is 2.92. The summed E-state index contributed by atoms with van der Waals surface area (Å²) in [6, 6.07) is 3.72. The maximum atomic E-state index is 11.9. The molecule has 23 heavy (non-hydrogen) atoms. The molecule has 1 aliphatic rings. The second kappa shape index (κ2) is 7.31. The Morgan fingerprint density at radius 1 is 1.43 bits per heavy atom. The first-order chi connectivity index (χ1) is 11.2. The van der Waals surface area contributed by atoms with Gasteiger partial charge in [-0.15, -0.1) is 0 Å². The normalized spacial score (nSPS) is 14.6. The molecule has 2 aromatic heterocycles. The van der Waals surface area contributed by atoms with Crippen LogP contribution in [0.3, 0.4) is 0 Å². The van der Waals surface area contributed by atoms with Crippen LogP contribution in [0.25, 0.3) is 5.65 Å². The van der Waals surface area contributed by atoms with Crippen molar-refractivity contribution in [3.8, 4) is 5.75 Å². The molecule has 0 atom stereocenters. The van der Waals surface area contributed by atoms with Crippen LogP contribution >= 0.6 is 0 Å². The van der Waals surface area contributed by atoms with E-state index in [1.54, 1.807) is 0 Å². The van der Waals surface area contributed by atoms with Gasteiger partial charge in [-0.3, -0.25) is 4.79 Å². The highest BCUT2D eigenvalue weighted by atomic mass is 16.5. The largest absolute Gasteiger partial charge is 0.480 e. The van der Waals surface area contributed by atoms with Crippen LogP contribution in [0.5, 0.6) is 5.75 Å². The van der Waals surface area contributed by atoms with Gasteiger partial charge in [-0.25, -0.2) is 4.98 Å². The van der Waals surface area contributed by atoms with Gasteiger partial charge in [0, 0.05) is 18.9 Å². The van der Waals surface area contributed by atoms with Crippen molar-refractivity contribution < 1.29 is 9.53 Å². The number of aryl methyl sites for hydroxylation is 1. The minimum atomic E-state index is -0.0910. The van der Waals surface area contributed by atoms with Crippen molar-refractivity contribution >= 4 is 11.6 Å². The molecule has 3 rings (SSSR count). The summed E-state index contributed by atoms with van der Waals surface area (Å²) < 4.78 is 7.53. The zero-order valence-corrected chi connectivity index (χ0v) is 13.5. The number of fused-ring (bicyclic) bond motifs is 1. The average molecular weight is 313 g/mol. The van der Waals surface area contributed by atoms with Crippen LogP contribution in [0, 0.1) is 6.92 Å². The summed E-state index contributed by atoms with van der Waals surface area (Å²) in [7, 11) is 0. The molecule has 1 aliphatic carbocycles. The van der Waals surface area contributed by atoms with E-state index in [4.69, 9.17) is 4.74 Å². The molecule has 0 aliphatic heterocycles. The van der Waals surface area contributed by atoms with Crippen molar-refractivity contribution in [1.29, 1.82) is 0 Å². The number of pyridine rings is 1. The lowest BCUT2D eigenvalue weighted by Crippen LogP contribution is -2.30. The fourth-order valence-electron chi connectivity index (χ4n) is 2.91. The number of rotatable bonds is 6. The number of aromatic nitrogens is 2. The smallest absolute Gasteiger partial charge is 0.257 e. The third-order valence-corrected chi connectivity index (χ3v) is 4.08. The second-order valence-electron chi connectivity index (χ2n) is 5.98. The van der Waals surface area contributed by atoms with Crippen LogP contribution in [0.1, 0.15) is 37.8 Å². The Morgan fingerprint density at radius 3 is 3.17 bits per heavy atom. The van der Waals surface area contributed by atoms with E-state index < -0.39 is 0 Å². The molecule has 0 saturated carbocycles. The van der Waals surface area contributed by atoms with E-state index in [1.807, 2.05) is 35.9 Å². The van der Waals surface area contributed by atoms with Crippen molar-refractivity contribution in [1.82, 2.24) is 14.7 Å².